The number of hydrogen-bond acceptors (Lipinski definition) is 4. The van der Waals surface area contributed by atoms with Gasteiger partial charge in [-0.2, -0.15) is 5.10 Å². The molecule has 1 aliphatic heterocycles. The summed E-state index contributed by atoms with van der Waals surface area (Å²) < 4.78 is 1.86. The van der Waals surface area contributed by atoms with Gasteiger partial charge in [0.2, 0.25) is 5.91 Å². The Morgan fingerprint density at radius 2 is 2.14 bits per heavy atom. The van der Waals surface area contributed by atoms with E-state index in [1.165, 1.54) is 6.33 Å². The SMILES string of the molecule is CCCn1ncc2c(C3C(=O)Nc4ccccc43)ncnc21. The number of hydrogen-bond donors (Lipinski definition) is 1. The first-order valence-electron chi connectivity index (χ1n) is 7.35. The van der Waals surface area contributed by atoms with Gasteiger partial charge < -0.3 is 5.32 Å². The molecule has 0 bridgehead atoms. The van der Waals surface area contributed by atoms with Gasteiger partial charge in [-0.05, 0) is 18.1 Å². The number of anilines is 1. The van der Waals surface area contributed by atoms with Crippen molar-refractivity contribution in [2.45, 2.75) is 25.8 Å². The predicted octanol–water partition coefficient (Wildman–Crippen LogP) is 2.32. The van der Waals surface area contributed by atoms with Crippen LogP contribution in [0, 0.1) is 0 Å². The van der Waals surface area contributed by atoms with Gasteiger partial charge in [0.15, 0.2) is 5.65 Å². The van der Waals surface area contributed by atoms with Crippen LogP contribution in [-0.2, 0) is 11.3 Å². The second-order valence-corrected chi connectivity index (χ2v) is 5.37. The lowest BCUT2D eigenvalue weighted by molar-refractivity contribution is -0.116. The highest BCUT2D eigenvalue weighted by Gasteiger charge is 2.34. The van der Waals surface area contributed by atoms with E-state index in [9.17, 15) is 4.79 Å². The largest absolute Gasteiger partial charge is 0.325 e. The third-order valence-electron chi connectivity index (χ3n) is 3.97. The first-order valence-corrected chi connectivity index (χ1v) is 7.35. The Balaban J connectivity index is 1.90. The minimum atomic E-state index is -0.402. The molecule has 1 atom stereocenters. The van der Waals surface area contributed by atoms with Gasteiger partial charge in [-0.15, -0.1) is 0 Å². The summed E-state index contributed by atoms with van der Waals surface area (Å²) in [6.45, 7) is 2.89. The number of nitrogens with zero attached hydrogens (tertiary/aromatic N) is 4. The monoisotopic (exact) mass is 293 g/mol. The molecule has 1 N–H and O–H groups in total. The molecular weight excluding hydrogens is 278 g/mol. The fraction of sp³-hybridized carbons (Fsp3) is 0.250. The van der Waals surface area contributed by atoms with E-state index in [2.05, 4.69) is 27.3 Å². The lowest BCUT2D eigenvalue weighted by atomic mass is 9.95. The van der Waals surface area contributed by atoms with Crippen LogP contribution in [0.5, 0.6) is 0 Å². The number of rotatable bonds is 3. The Kier molecular flexibility index (Phi) is 2.89. The van der Waals surface area contributed by atoms with Crippen molar-refractivity contribution in [2.24, 2.45) is 0 Å². The minimum absolute atomic E-state index is 0.0514. The van der Waals surface area contributed by atoms with Gasteiger partial charge in [-0.1, -0.05) is 25.1 Å². The maximum absolute atomic E-state index is 12.4. The van der Waals surface area contributed by atoms with Crippen LogP contribution in [0.4, 0.5) is 5.69 Å². The second kappa shape index (κ2) is 4.91. The maximum atomic E-state index is 12.4. The molecule has 0 radical (unpaired) electrons. The number of aryl methyl sites for hydroxylation is 1. The molecule has 6 heteroatoms. The number of nitrogens with one attached hydrogen (secondary N) is 1. The number of carbonyl (C=O) groups excluding carboxylic acids is 1. The van der Waals surface area contributed by atoms with E-state index in [1.807, 2.05) is 28.9 Å². The molecule has 1 aliphatic rings. The molecular formula is C16H15N5O. The Morgan fingerprint density at radius 3 is 3.00 bits per heavy atom. The number of para-hydroxylation sites is 1. The predicted molar refractivity (Wildman–Crippen MR) is 82.5 cm³/mol. The van der Waals surface area contributed by atoms with E-state index >= 15 is 0 Å². The van der Waals surface area contributed by atoms with Crippen LogP contribution < -0.4 is 5.32 Å². The molecule has 0 saturated heterocycles. The van der Waals surface area contributed by atoms with Crippen LogP contribution in [0.15, 0.2) is 36.8 Å². The average Bonchev–Trinajstić information content (AvgIpc) is 3.08. The second-order valence-electron chi connectivity index (χ2n) is 5.37. The highest BCUT2D eigenvalue weighted by Crippen LogP contribution is 2.38. The molecule has 0 spiro atoms. The highest BCUT2D eigenvalue weighted by molar-refractivity contribution is 6.06. The van der Waals surface area contributed by atoms with E-state index in [-0.39, 0.29) is 5.91 Å². The molecule has 3 heterocycles. The van der Waals surface area contributed by atoms with Crippen molar-refractivity contribution >= 4 is 22.6 Å². The number of aromatic nitrogens is 4. The van der Waals surface area contributed by atoms with Crippen LogP contribution >= 0.6 is 0 Å². The summed E-state index contributed by atoms with van der Waals surface area (Å²) in [7, 11) is 0. The van der Waals surface area contributed by atoms with Crippen LogP contribution in [0.3, 0.4) is 0 Å². The standard InChI is InChI=1S/C16H15N5O/c1-2-7-21-15-11(8-19-21)14(17-9-18-15)13-10-5-3-4-6-12(10)20-16(13)22/h3-6,8-9,13H,2,7H2,1H3,(H,20,22). The molecule has 1 aromatic carbocycles. The molecule has 3 aromatic rings. The zero-order valence-electron chi connectivity index (χ0n) is 12.2. The van der Waals surface area contributed by atoms with E-state index in [0.29, 0.717) is 0 Å². The van der Waals surface area contributed by atoms with Gasteiger partial charge in [0, 0.05) is 12.2 Å². The lowest BCUT2D eigenvalue weighted by Crippen LogP contribution is -2.15. The molecule has 4 rings (SSSR count). The molecule has 2 aromatic heterocycles. The Hall–Kier alpha value is -2.76. The normalized spacial score (nSPS) is 16.8. The quantitative estimate of drug-likeness (QED) is 0.804. The molecule has 0 saturated carbocycles. The maximum Gasteiger partial charge on any atom is 0.238 e. The minimum Gasteiger partial charge on any atom is -0.325 e. The van der Waals surface area contributed by atoms with Crippen LogP contribution in [-0.4, -0.2) is 25.7 Å². The fourth-order valence-corrected chi connectivity index (χ4v) is 3.00. The summed E-state index contributed by atoms with van der Waals surface area (Å²) in [5.41, 5.74) is 3.31. The van der Waals surface area contributed by atoms with Crippen molar-refractivity contribution in [1.82, 2.24) is 19.7 Å². The average molecular weight is 293 g/mol. The van der Waals surface area contributed by atoms with Gasteiger partial charge in [0.1, 0.15) is 12.2 Å². The Morgan fingerprint density at radius 1 is 1.27 bits per heavy atom. The topological polar surface area (TPSA) is 72.7 Å². The molecule has 0 fully saturated rings. The molecule has 22 heavy (non-hydrogen) atoms. The van der Waals surface area contributed by atoms with Crippen molar-refractivity contribution in [3.8, 4) is 0 Å². The van der Waals surface area contributed by atoms with Gasteiger partial charge in [-0.3, -0.25) is 4.79 Å². The van der Waals surface area contributed by atoms with E-state index in [1.54, 1.807) is 6.20 Å². The van der Waals surface area contributed by atoms with E-state index in [0.717, 1.165) is 40.9 Å². The van der Waals surface area contributed by atoms with Gasteiger partial charge in [0.05, 0.1) is 17.3 Å². The number of amides is 1. The summed E-state index contributed by atoms with van der Waals surface area (Å²) in [6.07, 6.45) is 4.25. The van der Waals surface area contributed by atoms with Crippen molar-refractivity contribution in [1.29, 1.82) is 0 Å². The number of benzene rings is 1. The smallest absolute Gasteiger partial charge is 0.238 e. The van der Waals surface area contributed by atoms with E-state index in [4.69, 9.17) is 0 Å². The lowest BCUT2D eigenvalue weighted by Gasteiger charge is -2.09. The summed E-state index contributed by atoms with van der Waals surface area (Å²) in [4.78, 5) is 21.1. The molecule has 6 nitrogen and oxygen atoms in total. The fourth-order valence-electron chi connectivity index (χ4n) is 3.00. The van der Waals surface area contributed by atoms with Crippen LogP contribution in [0.1, 0.15) is 30.5 Å². The summed E-state index contributed by atoms with van der Waals surface area (Å²) in [5, 5.41) is 8.14. The van der Waals surface area contributed by atoms with Crippen LogP contribution in [0.2, 0.25) is 0 Å². The number of carbonyl (C=O) groups is 1. The van der Waals surface area contributed by atoms with Crippen molar-refractivity contribution in [3.05, 3.63) is 48.0 Å². The third-order valence-corrected chi connectivity index (χ3v) is 3.97. The van der Waals surface area contributed by atoms with Crippen LogP contribution in [0.25, 0.3) is 11.0 Å². The van der Waals surface area contributed by atoms with Gasteiger partial charge in [0.25, 0.3) is 0 Å². The first kappa shape index (κ1) is 12.9. The van der Waals surface area contributed by atoms with Crippen molar-refractivity contribution in [2.75, 3.05) is 5.32 Å². The number of fused-ring (bicyclic) bond motifs is 2. The molecule has 1 amide bonds. The Labute approximate surface area is 127 Å². The highest BCUT2D eigenvalue weighted by atomic mass is 16.2. The molecule has 110 valence electrons. The summed E-state index contributed by atoms with van der Waals surface area (Å²) in [5.74, 6) is -0.453. The zero-order valence-corrected chi connectivity index (χ0v) is 12.2. The third kappa shape index (κ3) is 1.80. The first-order chi connectivity index (χ1) is 10.8. The van der Waals surface area contributed by atoms with Crippen molar-refractivity contribution in [3.63, 3.8) is 0 Å². The Bertz CT molecular complexity index is 870. The van der Waals surface area contributed by atoms with E-state index < -0.39 is 5.92 Å². The van der Waals surface area contributed by atoms with Gasteiger partial charge >= 0.3 is 0 Å². The zero-order chi connectivity index (χ0) is 15.1. The molecule has 0 aliphatic carbocycles. The summed E-state index contributed by atoms with van der Waals surface area (Å²) in [6, 6.07) is 7.72. The van der Waals surface area contributed by atoms with Gasteiger partial charge in [-0.25, -0.2) is 14.6 Å². The van der Waals surface area contributed by atoms with Crippen molar-refractivity contribution < 1.29 is 4.79 Å². The molecule has 1 unspecified atom stereocenters. The summed E-state index contributed by atoms with van der Waals surface area (Å²) >= 11 is 0.